The van der Waals surface area contributed by atoms with Gasteiger partial charge in [0, 0.05) is 5.56 Å². The zero-order valence-corrected chi connectivity index (χ0v) is 19.6. The van der Waals surface area contributed by atoms with Crippen molar-refractivity contribution in [3.05, 3.63) is 93.7 Å². The number of carbonyl (C=O) groups is 1. The Labute approximate surface area is 201 Å². The Morgan fingerprint density at radius 2 is 1.55 bits per heavy atom. The zero-order valence-electron chi connectivity index (χ0n) is 18.1. The molecular formula is C25H22Cl2N4O2. The monoisotopic (exact) mass is 480 g/mol. The fraction of sp³-hybridized carbons (Fsp3) is 0.160. The number of rotatable bonds is 7. The number of carbonyl (C=O) groups excluding carboxylic acids is 1. The number of hydrogen-bond acceptors (Lipinski definition) is 4. The third-order valence-corrected chi connectivity index (χ3v) is 5.83. The van der Waals surface area contributed by atoms with Gasteiger partial charge in [0.15, 0.2) is 0 Å². The topological polar surface area (TPSA) is 83.0 Å². The van der Waals surface area contributed by atoms with Crippen molar-refractivity contribution in [2.45, 2.75) is 26.4 Å². The van der Waals surface area contributed by atoms with E-state index in [1.165, 1.54) is 0 Å². The molecule has 0 aliphatic heterocycles. The van der Waals surface area contributed by atoms with Crippen molar-refractivity contribution in [2.24, 2.45) is 5.73 Å². The summed E-state index contributed by atoms with van der Waals surface area (Å²) in [5.74, 6) is 0.391. The molecule has 0 atom stereocenters. The summed E-state index contributed by atoms with van der Waals surface area (Å²) < 4.78 is 7.72. The van der Waals surface area contributed by atoms with Gasteiger partial charge in [-0.3, -0.25) is 4.79 Å². The van der Waals surface area contributed by atoms with Gasteiger partial charge >= 0.3 is 0 Å². The highest BCUT2D eigenvalue weighted by Crippen LogP contribution is 2.31. The van der Waals surface area contributed by atoms with E-state index in [4.69, 9.17) is 33.7 Å². The van der Waals surface area contributed by atoms with Gasteiger partial charge in [-0.25, -0.2) is 4.68 Å². The summed E-state index contributed by atoms with van der Waals surface area (Å²) in [5, 5.41) is 9.61. The van der Waals surface area contributed by atoms with E-state index in [1.807, 2.05) is 50.2 Å². The number of para-hydroxylation sites is 1. The molecule has 0 spiro atoms. The third kappa shape index (κ3) is 4.87. The lowest BCUT2D eigenvalue weighted by Gasteiger charge is -2.13. The maximum atomic E-state index is 11.3. The maximum Gasteiger partial charge on any atom is 0.248 e. The van der Waals surface area contributed by atoms with Crippen LogP contribution in [0.25, 0.3) is 16.8 Å². The Balaban J connectivity index is 1.57. The molecule has 4 rings (SSSR count). The summed E-state index contributed by atoms with van der Waals surface area (Å²) in [7, 11) is 0. The van der Waals surface area contributed by atoms with Crippen LogP contribution in [0, 0.1) is 0 Å². The summed E-state index contributed by atoms with van der Waals surface area (Å²) >= 11 is 12.8. The predicted molar refractivity (Wildman–Crippen MR) is 130 cm³/mol. The van der Waals surface area contributed by atoms with E-state index in [2.05, 4.69) is 10.3 Å². The molecule has 8 heteroatoms. The van der Waals surface area contributed by atoms with Gasteiger partial charge in [0.2, 0.25) is 5.91 Å². The van der Waals surface area contributed by atoms with E-state index < -0.39 is 5.91 Å². The lowest BCUT2D eigenvalue weighted by Crippen LogP contribution is -2.10. The van der Waals surface area contributed by atoms with Crippen LogP contribution >= 0.6 is 23.2 Å². The van der Waals surface area contributed by atoms with Crippen LogP contribution in [0.1, 0.15) is 41.5 Å². The van der Waals surface area contributed by atoms with Gasteiger partial charge in [-0.1, -0.05) is 72.6 Å². The Bertz CT molecular complexity index is 1260. The van der Waals surface area contributed by atoms with E-state index in [0.29, 0.717) is 27.0 Å². The van der Waals surface area contributed by atoms with Crippen LogP contribution in [0.4, 0.5) is 0 Å². The molecule has 0 radical (unpaired) electrons. The second kappa shape index (κ2) is 9.65. The number of benzene rings is 3. The largest absolute Gasteiger partial charge is 0.487 e. The average Bonchev–Trinajstić information content (AvgIpc) is 3.22. The molecule has 168 valence electrons. The van der Waals surface area contributed by atoms with Crippen molar-refractivity contribution < 1.29 is 9.53 Å². The minimum Gasteiger partial charge on any atom is -0.487 e. The van der Waals surface area contributed by atoms with Gasteiger partial charge in [-0.2, -0.15) is 0 Å². The standard InChI is InChI=1S/C25H22Cl2N4O2/c1-15(2)23-22(31(30-29-23)24-20(26)4-3-5-21(24)27)14-33-19-12-10-17(11-13-19)16-6-8-18(9-7-16)25(28)32/h3-13,15H,14H2,1-2H3,(H2,28,32). The van der Waals surface area contributed by atoms with Crippen molar-refractivity contribution in [3.8, 4) is 22.6 Å². The molecular weight excluding hydrogens is 459 g/mol. The molecule has 0 unspecified atom stereocenters. The summed E-state index contributed by atoms with van der Waals surface area (Å²) in [6.07, 6.45) is 0. The second-order valence-electron chi connectivity index (χ2n) is 7.81. The molecule has 4 aromatic rings. The number of aromatic nitrogens is 3. The molecule has 0 saturated heterocycles. The lowest BCUT2D eigenvalue weighted by molar-refractivity contribution is 0.100. The molecule has 0 aliphatic rings. The number of hydrogen-bond donors (Lipinski definition) is 1. The van der Waals surface area contributed by atoms with Crippen LogP contribution < -0.4 is 10.5 Å². The molecule has 0 saturated carbocycles. The molecule has 0 aliphatic carbocycles. The molecule has 3 aromatic carbocycles. The van der Waals surface area contributed by atoms with Gasteiger partial charge in [-0.15, -0.1) is 5.10 Å². The van der Waals surface area contributed by atoms with Crippen LogP contribution in [0.15, 0.2) is 66.7 Å². The minimum atomic E-state index is -0.446. The fourth-order valence-corrected chi connectivity index (χ4v) is 4.05. The van der Waals surface area contributed by atoms with Crippen molar-refractivity contribution in [3.63, 3.8) is 0 Å². The SMILES string of the molecule is CC(C)c1nnn(-c2c(Cl)cccc2Cl)c1COc1ccc(-c2ccc(C(N)=O)cc2)cc1. The van der Waals surface area contributed by atoms with E-state index >= 15 is 0 Å². The van der Waals surface area contributed by atoms with Crippen LogP contribution in [0.5, 0.6) is 5.75 Å². The summed E-state index contributed by atoms with van der Waals surface area (Å²) in [6, 6.07) is 20.2. The first-order valence-electron chi connectivity index (χ1n) is 10.4. The van der Waals surface area contributed by atoms with Crippen molar-refractivity contribution in [1.29, 1.82) is 0 Å². The number of ether oxygens (including phenoxy) is 1. The first-order valence-corrected chi connectivity index (χ1v) is 11.1. The molecule has 0 bridgehead atoms. The highest BCUT2D eigenvalue weighted by Gasteiger charge is 2.21. The van der Waals surface area contributed by atoms with Gasteiger partial charge < -0.3 is 10.5 Å². The Kier molecular flexibility index (Phi) is 6.67. The summed E-state index contributed by atoms with van der Waals surface area (Å²) in [4.78, 5) is 11.3. The zero-order chi connectivity index (χ0) is 23.5. The lowest BCUT2D eigenvalue weighted by atomic mass is 10.0. The Morgan fingerprint density at radius 1 is 0.970 bits per heavy atom. The molecule has 0 fully saturated rings. The Morgan fingerprint density at radius 3 is 2.09 bits per heavy atom. The number of nitrogens with two attached hydrogens (primary N) is 1. The van der Waals surface area contributed by atoms with Gasteiger partial charge in [0.05, 0.1) is 15.7 Å². The quantitative estimate of drug-likeness (QED) is 0.349. The molecule has 2 N–H and O–H groups in total. The first-order chi connectivity index (χ1) is 15.8. The number of primary amides is 1. The minimum absolute atomic E-state index is 0.143. The van der Waals surface area contributed by atoms with Gasteiger partial charge in [-0.05, 0) is 53.4 Å². The average molecular weight is 481 g/mol. The van der Waals surface area contributed by atoms with E-state index in [-0.39, 0.29) is 12.5 Å². The maximum absolute atomic E-state index is 11.3. The molecule has 33 heavy (non-hydrogen) atoms. The van der Waals surface area contributed by atoms with Crippen LogP contribution in [-0.2, 0) is 6.61 Å². The van der Waals surface area contributed by atoms with Crippen molar-refractivity contribution >= 4 is 29.1 Å². The Hall–Kier alpha value is -3.35. The van der Waals surface area contributed by atoms with E-state index in [9.17, 15) is 4.79 Å². The van der Waals surface area contributed by atoms with E-state index in [0.717, 1.165) is 22.5 Å². The third-order valence-electron chi connectivity index (χ3n) is 5.22. The highest BCUT2D eigenvalue weighted by molar-refractivity contribution is 6.37. The van der Waals surface area contributed by atoms with Gasteiger partial charge in [0.25, 0.3) is 0 Å². The van der Waals surface area contributed by atoms with Crippen LogP contribution in [0.2, 0.25) is 10.0 Å². The fourth-order valence-electron chi connectivity index (χ4n) is 3.49. The normalized spacial score (nSPS) is 11.1. The molecule has 6 nitrogen and oxygen atoms in total. The van der Waals surface area contributed by atoms with Crippen LogP contribution in [-0.4, -0.2) is 20.9 Å². The smallest absolute Gasteiger partial charge is 0.248 e. The summed E-state index contributed by atoms with van der Waals surface area (Å²) in [6.45, 7) is 4.34. The predicted octanol–water partition coefficient (Wildman–Crippen LogP) is 6.04. The number of nitrogens with zero attached hydrogens (tertiary/aromatic N) is 3. The van der Waals surface area contributed by atoms with Crippen molar-refractivity contribution in [2.75, 3.05) is 0 Å². The molecule has 1 heterocycles. The highest BCUT2D eigenvalue weighted by atomic mass is 35.5. The summed E-state index contributed by atoms with van der Waals surface area (Å²) in [5.41, 5.74) is 9.93. The van der Waals surface area contributed by atoms with Crippen molar-refractivity contribution in [1.82, 2.24) is 15.0 Å². The van der Waals surface area contributed by atoms with Gasteiger partial charge in [0.1, 0.15) is 23.7 Å². The second-order valence-corrected chi connectivity index (χ2v) is 8.63. The first kappa shape index (κ1) is 22.8. The molecule has 1 amide bonds. The van der Waals surface area contributed by atoms with E-state index in [1.54, 1.807) is 35.0 Å². The number of halogens is 2. The molecule has 1 aromatic heterocycles. The number of amides is 1. The van der Waals surface area contributed by atoms with Crippen LogP contribution in [0.3, 0.4) is 0 Å².